The number of aliphatic hydroxyl groups excluding tert-OH is 1. The predicted octanol–water partition coefficient (Wildman–Crippen LogP) is 4.01. The fourth-order valence-corrected chi connectivity index (χ4v) is 4.96. The molecule has 5 rings (SSSR count). The number of likely N-dealkylation sites (tertiary alicyclic amines) is 1. The molecule has 0 radical (unpaired) electrons. The van der Waals surface area contributed by atoms with Crippen molar-refractivity contribution < 1.29 is 14.7 Å². The molecule has 2 heterocycles. The van der Waals surface area contributed by atoms with Crippen LogP contribution in [-0.4, -0.2) is 46.0 Å². The molecular formula is C28H27N3O3. The highest BCUT2D eigenvalue weighted by atomic mass is 16.3. The minimum atomic E-state index is -0.915. The average Bonchev–Trinajstić information content (AvgIpc) is 3.09. The number of carbonyl (C=O) groups is 2. The second-order valence-corrected chi connectivity index (χ2v) is 8.75. The molecule has 2 aliphatic rings. The summed E-state index contributed by atoms with van der Waals surface area (Å²) < 4.78 is 0. The normalized spacial score (nSPS) is 23.1. The second kappa shape index (κ2) is 8.89. The van der Waals surface area contributed by atoms with Crippen LogP contribution in [0.3, 0.4) is 0 Å². The Labute approximate surface area is 199 Å². The largest absolute Gasteiger partial charge is 0.386 e. The lowest BCUT2D eigenvalue weighted by Gasteiger charge is -2.47. The van der Waals surface area contributed by atoms with Crippen LogP contribution < -0.4 is 5.01 Å². The number of hydrogen-bond acceptors (Lipinski definition) is 5. The van der Waals surface area contributed by atoms with Crippen LogP contribution in [0.5, 0.6) is 0 Å². The summed E-state index contributed by atoms with van der Waals surface area (Å²) in [5.41, 5.74) is 3.41. The summed E-state index contributed by atoms with van der Waals surface area (Å²) in [6.07, 6.45) is 2.73. The Bertz CT molecular complexity index is 1190. The Morgan fingerprint density at radius 1 is 0.794 bits per heavy atom. The molecule has 3 aromatic carbocycles. The first kappa shape index (κ1) is 22.1. The van der Waals surface area contributed by atoms with Crippen molar-refractivity contribution in [2.45, 2.75) is 25.1 Å². The van der Waals surface area contributed by atoms with Crippen LogP contribution in [0.25, 0.3) is 0 Å². The molecule has 0 aromatic heterocycles. The molecule has 1 fully saturated rings. The van der Waals surface area contributed by atoms with Gasteiger partial charge >= 0.3 is 0 Å². The molecule has 6 heteroatoms. The monoisotopic (exact) mass is 453 g/mol. The zero-order chi connectivity index (χ0) is 23.8. The van der Waals surface area contributed by atoms with Gasteiger partial charge in [0.1, 0.15) is 12.1 Å². The number of nitrogens with zero attached hydrogens (tertiary/aromatic N) is 3. The number of para-hydroxylation sites is 2. The molecule has 1 saturated heterocycles. The standard InChI is InChI=1S/C28H27N3O3/c1-19-11-9-10-16-22(19)26(32)24-18-17-23-25(28(34)29(2)27(23)33)31(24)30(20-12-5-3-6-13-20)21-14-7-4-8-15-21/h3-18,23-26,32H,1-2H3. The number of aliphatic hydroxyl groups is 1. The van der Waals surface area contributed by atoms with Gasteiger partial charge in [-0.25, -0.2) is 0 Å². The molecule has 1 N–H and O–H groups in total. The van der Waals surface area contributed by atoms with Crippen molar-refractivity contribution in [3.63, 3.8) is 0 Å². The molecule has 3 aromatic rings. The Morgan fingerprint density at radius 3 is 1.94 bits per heavy atom. The molecular weight excluding hydrogens is 426 g/mol. The van der Waals surface area contributed by atoms with E-state index in [1.54, 1.807) is 6.08 Å². The maximum Gasteiger partial charge on any atom is 0.249 e. The first-order chi connectivity index (χ1) is 16.5. The highest BCUT2D eigenvalue weighted by molar-refractivity contribution is 6.08. The van der Waals surface area contributed by atoms with Gasteiger partial charge in [0.2, 0.25) is 11.8 Å². The van der Waals surface area contributed by atoms with E-state index in [0.29, 0.717) is 0 Å². The van der Waals surface area contributed by atoms with Gasteiger partial charge in [-0.3, -0.25) is 19.5 Å². The van der Waals surface area contributed by atoms with Crippen LogP contribution in [-0.2, 0) is 9.59 Å². The molecule has 4 unspecified atom stereocenters. The number of anilines is 2. The highest BCUT2D eigenvalue weighted by Gasteiger charge is 2.54. The van der Waals surface area contributed by atoms with Crippen LogP contribution in [0.15, 0.2) is 97.1 Å². The minimum absolute atomic E-state index is 0.235. The SMILES string of the molecule is Cc1ccccc1C(O)C1C=CC2C(=O)N(C)C(=O)C2N1N(c1ccccc1)c1ccccc1. The molecule has 172 valence electrons. The zero-order valence-corrected chi connectivity index (χ0v) is 19.2. The molecule has 34 heavy (non-hydrogen) atoms. The highest BCUT2D eigenvalue weighted by Crippen LogP contribution is 2.41. The van der Waals surface area contributed by atoms with Crippen molar-refractivity contribution in [3.05, 3.63) is 108 Å². The van der Waals surface area contributed by atoms with E-state index in [4.69, 9.17) is 0 Å². The smallest absolute Gasteiger partial charge is 0.249 e. The van der Waals surface area contributed by atoms with Crippen molar-refractivity contribution in [2.24, 2.45) is 5.92 Å². The number of rotatable bonds is 5. The van der Waals surface area contributed by atoms with Gasteiger partial charge < -0.3 is 5.11 Å². The summed E-state index contributed by atoms with van der Waals surface area (Å²) in [6.45, 7) is 1.96. The van der Waals surface area contributed by atoms with E-state index in [9.17, 15) is 14.7 Å². The Kier molecular flexibility index (Phi) is 5.77. The van der Waals surface area contributed by atoms with Gasteiger partial charge in [-0.15, -0.1) is 0 Å². The molecule has 0 saturated carbocycles. The lowest BCUT2D eigenvalue weighted by Crippen LogP contribution is -2.59. The molecule has 2 aliphatic heterocycles. The van der Waals surface area contributed by atoms with Crippen LogP contribution in [0, 0.1) is 12.8 Å². The fraction of sp³-hybridized carbons (Fsp3) is 0.214. The average molecular weight is 454 g/mol. The maximum absolute atomic E-state index is 13.4. The van der Waals surface area contributed by atoms with E-state index in [1.807, 2.05) is 108 Å². The third kappa shape index (κ3) is 3.61. The molecule has 2 amide bonds. The van der Waals surface area contributed by atoms with Crippen LogP contribution in [0.4, 0.5) is 11.4 Å². The van der Waals surface area contributed by atoms with Gasteiger partial charge in [0.25, 0.3) is 0 Å². The number of carbonyl (C=O) groups excluding carboxylic acids is 2. The van der Waals surface area contributed by atoms with E-state index in [0.717, 1.165) is 22.5 Å². The van der Waals surface area contributed by atoms with E-state index >= 15 is 0 Å². The first-order valence-electron chi connectivity index (χ1n) is 11.4. The lowest BCUT2D eigenvalue weighted by molar-refractivity contribution is -0.138. The third-order valence-electron chi connectivity index (χ3n) is 6.71. The van der Waals surface area contributed by atoms with E-state index in [2.05, 4.69) is 0 Å². The minimum Gasteiger partial charge on any atom is -0.386 e. The summed E-state index contributed by atoms with van der Waals surface area (Å²) in [6, 6.07) is 25.8. The van der Waals surface area contributed by atoms with Gasteiger partial charge in [0, 0.05) is 7.05 Å². The van der Waals surface area contributed by atoms with Crippen LogP contribution in [0.2, 0.25) is 0 Å². The molecule has 6 nitrogen and oxygen atoms in total. The van der Waals surface area contributed by atoms with Gasteiger partial charge in [-0.05, 0) is 42.3 Å². The van der Waals surface area contributed by atoms with Crippen molar-refractivity contribution >= 4 is 23.2 Å². The van der Waals surface area contributed by atoms with E-state index < -0.39 is 24.1 Å². The van der Waals surface area contributed by atoms with E-state index in [1.165, 1.54) is 11.9 Å². The number of benzene rings is 3. The summed E-state index contributed by atoms with van der Waals surface area (Å²) in [5, 5.41) is 15.5. The van der Waals surface area contributed by atoms with Gasteiger partial charge in [-0.1, -0.05) is 72.8 Å². The Balaban J connectivity index is 1.71. The fourth-order valence-electron chi connectivity index (χ4n) is 4.96. The summed E-state index contributed by atoms with van der Waals surface area (Å²) in [4.78, 5) is 27.6. The molecule has 0 bridgehead atoms. The van der Waals surface area contributed by atoms with Crippen LogP contribution in [0.1, 0.15) is 17.2 Å². The van der Waals surface area contributed by atoms with E-state index in [-0.39, 0.29) is 11.8 Å². The number of aryl methyl sites for hydroxylation is 1. The number of hydrogen-bond donors (Lipinski definition) is 1. The van der Waals surface area contributed by atoms with Crippen molar-refractivity contribution in [2.75, 3.05) is 12.1 Å². The van der Waals surface area contributed by atoms with Crippen molar-refractivity contribution in [1.82, 2.24) is 9.91 Å². The topological polar surface area (TPSA) is 64.1 Å². The Hall–Kier alpha value is -3.74. The number of fused-ring (bicyclic) bond motifs is 1. The lowest BCUT2D eigenvalue weighted by atomic mass is 9.89. The van der Waals surface area contributed by atoms with Gasteiger partial charge in [-0.2, -0.15) is 5.01 Å². The Morgan fingerprint density at radius 2 is 1.35 bits per heavy atom. The molecule has 0 spiro atoms. The summed E-state index contributed by atoms with van der Waals surface area (Å²) in [7, 11) is 1.52. The summed E-state index contributed by atoms with van der Waals surface area (Å²) >= 11 is 0. The molecule has 0 aliphatic carbocycles. The number of amides is 2. The molecule has 4 atom stereocenters. The quantitative estimate of drug-likeness (QED) is 0.467. The zero-order valence-electron chi connectivity index (χ0n) is 19.2. The predicted molar refractivity (Wildman–Crippen MR) is 131 cm³/mol. The van der Waals surface area contributed by atoms with Crippen molar-refractivity contribution in [1.29, 1.82) is 0 Å². The van der Waals surface area contributed by atoms with Gasteiger partial charge in [0.15, 0.2) is 0 Å². The van der Waals surface area contributed by atoms with Crippen molar-refractivity contribution in [3.8, 4) is 0 Å². The number of hydrazine groups is 1. The summed E-state index contributed by atoms with van der Waals surface area (Å²) in [5.74, 6) is -1.13. The third-order valence-corrected chi connectivity index (χ3v) is 6.71. The van der Waals surface area contributed by atoms with Crippen LogP contribution >= 0.6 is 0 Å². The van der Waals surface area contributed by atoms with Gasteiger partial charge in [0.05, 0.1) is 23.3 Å². The maximum atomic E-state index is 13.4. The first-order valence-corrected chi connectivity index (χ1v) is 11.4. The number of imide groups is 1. The second-order valence-electron chi connectivity index (χ2n) is 8.75. The number of likely N-dealkylation sites (N-methyl/N-ethyl adjacent to an activating group) is 1.